The lowest BCUT2D eigenvalue weighted by atomic mass is 10.0. The van der Waals surface area contributed by atoms with E-state index in [2.05, 4.69) is 29.9 Å². The zero-order valence-electron chi connectivity index (χ0n) is 26.2. The molecule has 4 heterocycles. The minimum absolute atomic E-state index is 0.448. The second-order valence-electron chi connectivity index (χ2n) is 12.0. The van der Waals surface area contributed by atoms with Gasteiger partial charge >= 0.3 is 0 Å². The maximum atomic E-state index is 12.9. The molecule has 2 aliphatic rings. The SMILES string of the molecule is Cc1c[nH]c(C)c1Cc1ccccc1S(=O)(=O)N1CCCC1.Cc1cc(C)c(Cc2ccccc2S(=O)(=O)N2CCCC2)[nH]1. The lowest BCUT2D eigenvalue weighted by Gasteiger charge is -2.18. The Labute approximate surface area is 262 Å². The predicted molar refractivity (Wildman–Crippen MR) is 175 cm³/mol. The quantitative estimate of drug-likeness (QED) is 0.247. The van der Waals surface area contributed by atoms with Crippen LogP contribution in [0.15, 0.2) is 70.6 Å². The summed E-state index contributed by atoms with van der Waals surface area (Å²) in [4.78, 5) is 7.45. The van der Waals surface area contributed by atoms with Gasteiger partial charge in [-0.1, -0.05) is 36.4 Å². The van der Waals surface area contributed by atoms with Crippen LogP contribution in [0.5, 0.6) is 0 Å². The summed E-state index contributed by atoms with van der Waals surface area (Å²) in [5, 5.41) is 0. The molecular weight excluding hydrogens is 593 g/mol. The van der Waals surface area contributed by atoms with Gasteiger partial charge in [-0.05, 0) is 99.4 Å². The van der Waals surface area contributed by atoms with E-state index in [0.29, 0.717) is 48.8 Å². The first-order valence-electron chi connectivity index (χ1n) is 15.4. The molecule has 2 fully saturated rings. The molecule has 0 spiro atoms. The largest absolute Gasteiger partial charge is 0.365 e. The highest BCUT2D eigenvalue weighted by Crippen LogP contribution is 2.28. The molecule has 2 aliphatic heterocycles. The van der Waals surface area contributed by atoms with E-state index in [4.69, 9.17) is 0 Å². The standard InChI is InChI=1S/2C17H22N2O2S/c1-13-12-18-14(2)16(13)11-15-7-3-4-8-17(15)22(20,21)19-9-5-6-10-19;1-13-11-14(2)18-16(13)12-15-7-3-4-8-17(15)22(20,21)19-9-5-6-10-19/h3-4,7-8,12,18H,5-6,9-11H2,1-2H3;3-4,7-8,11,18H,5-6,9-10,12H2,1-2H3. The van der Waals surface area contributed by atoms with Gasteiger partial charge in [-0.2, -0.15) is 8.61 Å². The smallest absolute Gasteiger partial charge is 0.243 e. The molecule has 6 rings (SSSR count). The molecule has 8 nitrogen and oxygen atoms in total. The Hall–Kier alpha value is -3.18. The molecular formula is C34H44N4O4S2. The van der Waals surface area contributed by atoms with Gasteiger partial charge in [0.2, 0.25) is 20.0 Å². The number of sulfonamides is 2. The van der Waals surface area contributed by atoms with E-state index in [1.165, 1.54) is 16.7 Å². The Morgan fingerprint density at radius 2 is 1.14 bits per heavy atom. The third-order valence-electron chi connectivity index (χ3n) is 8.74. The van der Waals surface area contributed by atoms with Crippen LogP contribution in [0.25, 0.3) is 0 Å². The topological polar surface area (TPSA) is 106 Å². The van der Waals surface area contributed by atoms with Crippen molar-refractivity contribution in [3.63, 3.8) is 0 Å². The molecule has 0 radical (unpaired) electrons. The van der Waals surface area contributed by atoms with Crippen LogP contribution in [0.3, 0.4) is 0 Å². The zero-order chi connectivity index (χ0) is 31.5. The van der Waals surface area contributed by atoms with E-state index < -0.39 is 20.0 Å². The summed E-state index contributed by atoms with van der Waals surface area (Å²) in [7, 11) is -6.75. The van der Waals surface area contributed by atoms with Gasteiger partial charge in [0.25, 0.3) is 0 Å². The van der Waals surface area contributed by atoms with Gasteiger partial charge in [0.05, 0.1) is 9.79 Å². The first-order chi connectivity index (χ1) is 21.0. The van der Waals surface area contributed by atoms with Crippen LogP contribution >= 0.6 is 0 Å². The number of H-pyrrole nitrogens is 2. The summed E-state index contributed by atoms with van der Waals surface area (Å²) in [6, 6.07) is 16.8. The second kappa shape index (κ2) is 13.4. The lowest BCUT2D eigenvalue weighted by molar-refractivity contribution is 0.476. The first-order valence-corrected chi connectivity index (χ1v) is 18.3. The van der Waals surface area contributed by atoms with Crippen LogP contribution in [-0.2, 0) is 32.9 Å². The van der Waals surface area contributed by atoms with Crippen LogP contribution in [0.1, 0.15) is 70.6 Å². The molecule has 0 saturated carbocycles. The number of aromatic amines is 2. The molecule has 44 heavy (non-hydrogen) atoms. The van der Waals surface area contributed by atoms with E-state index >= 15 is 0 Å². The Kier molecular flexibility index (Phi) is 9.84. The fraction of sp³-hybridized carbons (Fsp3) is 0.412. The van der Waals surface area contributed by atoms with E-state index in [1.807, 2.05) is 50.4 Å². The number of benzene rings is 2. The van der Waals surface area contributed by atoms with Gasteiger partial charge in [-0.15, -0.1) is 0 Å². The summed E-state index contributed by atoms with van der Waals surface area (Å²) in [5.74, 6) is 0. The maximum Gasteiger partial charge on any atom is 0.243 e. The van der Waals surface area contributed by atoms with Crippen molar-refractivity contribution in [1.82, 2.24) is 18.6 Å². The monoisotopic (exact) mass is 636 g/mol. The molecule has 0 bridgehead atoms. The molecule has 0 amide bonds. The number of aryl methyl sites for hydroxylation is 4. The summed E-state index contributed by atoms with van der Waals surface area (Å²) in [5.41, 5.74) is 8.56. The molecule has 0 atom stereocenters. The molecule has 2 aromatic heterocycles. The van der Waals surface area contributed by atoms with Crippen LogP contribution in [0, 0.1) is 27.7 Å². The highest BCUT2D eigenvalue weighted by Gasteiger charge is 2.30. The summed E-state index contributed by atoms with van der Waals surface area (Å²) in [6.45, 7) is 10.7. The van der Waals surface area contributed by atoms with Gasteiger partial charge < -0.3 is 9.97 Å². The van der Waals surface area contributed by atoms with Crippen molar-refractivity contribution in [2.45, 2.75) is 76.0 Å². The van der Waals surface area contributed by atoms with Gasteiger partial charge in [0, 0.05) is 62.3 Å². The van der Waals surface area contributed by atoms with Crippen molar-refractivity contribution in [1.29, 1.82) is 0 Å². The molecule has 0 unspecified atom stereocenters. The fourth-order valence-electron chi connectivity index (χ4n) is 6.25. The molecule has 2 saturated heterocycles. The van der Waals surface area contributed by atoms with Crippen molar-refractivity contribution in [3.8, 4) is 0 Å². The predicted octanol–water partition coefficient (Wildman–Crippen LogP) is 6.01. The minimum Gasteiger partial charge on any atom is -0.365 e. The van der Waals surface area contributed by atoms with E-state index in [9.17, 15) is 16.8 Å². The number of aromatic nitrogens is 2. The normalized spacial score (nSPS) is 16.3. The number of nitrogens with zero attached hydrogens (tertiary/aromatic N) is 2. The average Bonchev–Trinajstić information content (AvgIpc) is 3.82. The molecule has 2 N–H and O–H groups in total. The molecule has 2 aromatic carbocycles. The van der Waals surface area contributed by atoms with Crippen molar-refractivity contribution < 1.29 is 16.8 Å². The van der Waals surface area contributed by atoms with Crippen molar-refractivity contribution in [3.05, 3.63) is 106 Å². The average molecular weight is 637 g/mol. The van der Waals surface area contributed by atoms with Gasteiger partial charge in [0.15, 0.2) is 0 Å². The number of nitrogens with one attached hydrogen (secondary N) is 2. The Morgan fingerprint density at radius 3 is 1.57 bits per heavy atom. The van der Waals surface area contributed by atoms with E-state index in [0.717, 1.165) is 53.9 Å². The number of hydrogen-bond acceptors (Lipinski definition) is 4. The van der Waals surface area contributed by atoms with E-state index in [1.54, 1.807) is 26.8 Å². The second-order valence-corrected chi connectivity index (χ2v) is 15.8. The van der Waals surface area contributed by atoms with Crippen molar-refractivity contribution in [2.75, 3.05) is 26.2 Å². The highest BCUT2D eigenvalue weighted by molar-refractivity contribution is 7.89. The lowest BCUT2D eigenvalue weighted by Crippen LogP contribution is -2.28. The van der Waals surface area contributed by atoms with Gasteiger partial charge in [0.1, 0.15) is 0 Å². The van der Waals surface area contributed by atoms with Crippen LogP contribution in [0.2, 0.25) is 0 Å². The zero-order valence-corrected chi connectivity index (χ0v) is 27.8. The van der Waals surface area contributed by atoms with Crippen LogP contribution < -0.4 is 0 Å². The van der Waals surface area contributed by atoms with Crippen molar-refractivity contribution in [2.24, 2.45) is 0 Å². The number of hydrogen-bond donors (Lipinski definition) is 2. The third kappa shape index (κ3) is 6.88. The van der Waals surface area contributed by atoms with Crippen LogP contribution in [-0.4, -0.2) is 61.6 Å². The Morgan fingerprint density at radius 1 is 0.659 bits per heavy atom. The maximum absolute atomic E-state index is 12.9. The number of rotatable bonds is 8. The molecule has 10 heteroatoms. The van der Waals surface area contributed by atoms with Crippen LogP contribution in [0.4, 0.5) is 0 Å². The molecule has 0 aliphatic carbocycles. The fourth-order valence-corrected chi connectivity index (χ4v) is 9.72. The summed E-state index contributed by atoms with van der Waals surface area (Å²) in [6.07, 6.45) is 7.05. The first kappa shape index (κ1) is 32.2. The highest BCUT2D eigenvalue weighted by atomic mass is 32.2. The minimum atomic E-state index is -3.38. The molecule has 236 valence electrons. The van der Waals surface area contributed by atoms with Gasteiger partial charge in [-0.25, -0.2) is 16.8 Å². The summed E-state index contributed by atoms with van der Waals surface area (Å²) >= 11 is 0. The Bertz CT molecular complexity index is 1790. The van der Waals surface area contributed by atoms with Crippen molar-refractivity contribution >= 4 is 20.0 Å². The Balaban J connectivity index is 0.000000175. The van der Waals surface area contributed by atoms with E-state index in [-0.39, 0.29) is 0 Å². The molecule has 4 aromatic rings. The summed E-state index contributed by atoms with van der Waals surface area (Å²) < 4.78 is 54.7. The van der Waals surface area contributed by atoms with Gasteiger partial charge in [-0.3, -0.25) is 0 Å². The third-order valence-corrected chi connectivity index (χ3v) is 12.7.